The number of carbonyl (C=O) groups excluding carboxylic acids is 1. The molecule has 0 unspecified atom stereocenters. The quantitative estimate of drug-likeness (QED) is 0.849. The number of carbonyl (C=O) groups is 1. The minimum absolute atomic E-state index is 0.210. The van der Waals surface area contributed by atoms with E-state index in [1.165, 1.54) is 12.8 Å². The van der Waals surface area contributed by atoms with Crippen LogP contribution < -0.4 is 5.32 Å². The number of likely N-dealkylation sites (tertiary alicyclic amines) is 1. The van der Waals surface area contributed by atoms with Crippen molar-refractivity contribution in [3.05, 3.63) is 21.8 Å². The van der Waals surface area contributed by atoms with Gasteiger partial charge in [0.05, 0.1) is 5.57 Å². The minimum atomic E-state index is 0.210. The van der Waals surface area contributed by atoms with E-state index in [9.17, 15) is 4.79 Å². The van der Waals surface area contributed by atoms with Gasteiger partial charge in [-0.05, 0) is 49.6 Å². The Bertz CT molecular complexity index is 403. The summed E-state index contributed by atoms with van der Waals surface area (Å²) in [5.74, 6) is 0.210. The van der Waals surface area contributed by atoms with E-state index in [0.717, 1.165) is 67.5 Å². The Labute approximate surface area is 130 Å². The molecule has 1 aliphatic carbocycles. The largest absolute Gasteiger partial charge is 0.388 e. The van der Waals surface area contributed by atoms with E-state index in [4.69, 9.17) is 0 Å². The number of hydrogen-bond donors (Lipinski definition) is 1. The number of allylic oxidation sites excluding steroid dienone is 2. The third-order valence-corrected chi connectivity index (χ3v) is 4.61. The standard InChI is InChI=1S/C16H25BrN2O/c1-2-18-15-9-7-8-13(17)12-14(15)16(20)19-10-5-3-4-6-11-19/h12,18H,2-11H2,1H3. The highest BCUT2D eigenvalue weighted by atomic mass is 79.9. The topological polar surface area (TPSA) is 32.3 Å². The molecular weight excluding hydrogens is 316 g/mol. The van der Waals surface area contributed by atoms with Crippen molar-refractivity contribution in [2.75, 3.05) is 19.6 Å². The zero-order valence-corrected chi connectivity index (χ0v) is 14.0. The zero-order chi connectivity index (χ0) is 14.4. The molecule has 1 aliphatic heterocycles. The molecule has 1 fully saturated rings. The van der Waals surface area contributed by atoms with Gasteiger partial charge >= 0.3 is 0 Å². The molecule has 1 saturated heterocycles. The van der Waals surface area contributed by atoms with E-state index in [1.54, 1.807) is 0 Å². The molecule has 0 atom stereocenters. The summed E-state index contributed by atoms with van der Waals surface area (Å²) in [5.41, 5.74) is 1.99. The molecular formula is C16H25BrN2O. The van der Waals surface area contributed by atoms with Crippen LogP contribution in [0.5, 0.6) is 0 Å². The molecule has 3 nitrogen and oxygen atoms in total. The van der Waals surface area contributed by atoms with Crippen molar-refractivity contribution in [3.8, 4) is 0 Å². The van der Waals surface area contributed by atoms with Crippen molar-refractivity contribution >= 4 is 21.8 Å². The molecule has 20 heavy (non-hydrogen) atoms. The molecule has 0 aromatic rings. The summed E-state index contributed by atoms with van der Waals surface area (Å²) in [6, 6.07) is 0. The van der Waals surface area contributed by atoms with Crippen molar-refractivity contribution in [1.82, 2.24) is 10.2 Å². The van der Waals surface area contributed by atoms with Gasteiger partial charge in [0.2, 0.25) is 0 Å². The summed E-state index contributed by atoms with van der Waals surface area (Å²) in [7, 11) is 0. The lowest BCUT2D eigenvalue weighted by Gasteiger charge is -2.22. The molecule has 0 aromatic carbocycles. The van der Waals surface area contributed by atoms with Gasteiger partial charge in [0, 0.05) is 25.3 Å². The van der Waals surface area contributed by atoms with Gasteiger partial charge in [0.1, 0.15) is 0 Å². The smallest absolute Gasteiger partial charge is 0.255 e. The molecule has 0 bridgehead atoms. The summed E-state index contributed by atoms with van der Waals surface area (Å²) in [6.07, 6.45) is 9.90. The molecule has 0 spiro atoms. The molecule has 0 radical (unpaired) electrons. The first-order valence-corrected chi connectivity index (χ1v) is 8.64. The lowest BCUT2D eigenvalue weighted by Crippen LogP contribution is -2.34. The Morgan fingerprint density at radius 1 is 1.20 bits per heavy atom. The summed E-state index contributed by atoms with van der Waals surface area (Å²) in [4.78, 5) is 14.9. The van der Waals surface area contributed by atoms with E-state index in [0.29, 0.717) is 0 Å². The predicted molar refractivity (Wildman–Crippen MR) is 86.6 cm³/mol. The SMILES string of the molecule is CCNC1=C(C(=O)N2CCCCCC2)C=C(Br)CCC1. The number of hydrogen-bond acceptors (Lipinski definition) is 2. The second-order valence-corrected chi connectivity index (χ2v) is 6.59. The van der Waals surface area contributed by atoms with E-state index in [2.05, 4.69) is 28.2 Å². The summed E-state index contributed by atoms with van der Waals surface area (Å²) < 4.78 is 1.14. The highest BCUT2D eigenvalue weighted by Gasteiger charge is 2.22. The normalized spacial score (nSPS) is 21.1. The third-order valence-electron chi connectivity index (χ3n) is 3.98. The van der Waals surface area contributed by atoms with Gasteiger partial charge in [-0.1, -0.05) is 28.8 Å². The summed E-state index contributed by atoms with van der Waals surface area (Å²) in [5, 5.41) is 3.40. The van der Waals surface area contributed by atoms with Gasteiger partial charge in [0.25, 0.3) is 5.91 Å². The van der Waals surface area contributed by atoms with Gasteiger partial charge in [-0.3, -0.25) is 4.79 Å². The number of halogens is 1. The van der Waals surface area contributed by atoms with Crippen molar-refractivity contribution < 1.29 is 4.79 Å². The van der Waals surface area contributed by atoms with E-state index in [1.807, 2.05) is 11.0 Å². The maximum absolute atomic E-state index is 12.9. The van der Waals surface area contributed by atoms with Crippen LogP contribution in [-0.4, -0.2) is 30.4 Å². The van der Waals surface area contributed by atoms with Crippen LogP contribution in [0, 0.1) is 0 Å². The fourth-order valence-corrected chi connectivity index (χ4v) is 3.43. The maximum atomic E-state index is 12.9. The monoisotopic (exact) mass is 340 g/mol. The molecule has 0 aromatic heterocycles. The number of nitrogens with one attached hydrogen (secondary N) is 1. The fraction of sp³-hybridized carbons (Fsp3) is 0.688. The minimum Gasteiger partial charge on any atom is -0.388 e. The van der Waals surface area contributed by atoms with Gasteiger partial charge in [0.15, 0.2) is 0 Å². The molecule has 112 valence electrons. The van der Waals surface area contributed by atoms with E-state index in [-0.39, 0.29) is 5.91 Å². The van der Waals surface area contributed by atoms with Crippen LogP contribution in [0.4, 0.5) is 0 Å². The van der Waals surface area contributed by atoms with E-state index >= 15 is 0 Å². The van der Waals surface area contributed by atoms with Gasteiger partial charge in [-0.2, -0.15) is 0 Å². The molecule has 2 aliphatic rings. The summed E-state index contributed by atoms with van der Waals surface area (Å²) >= 11 is 3.59. The Hall–Kier alpha value is -0.770. The Morgan fingerprint density at radius 3 is 2.55 bits per heavy atom. The van der Waals surface area contributed by atoms with Crippen molar-refractivity contribution in [2.24, 2.45) is 0 Å². The van der Waals surface area contributed by atoms with Gasteiger partial charge in [-0.25, -0.2) is 0 Å². The highest BCUT2D eigenvalue weighted by Crippen LogP contribution is 2.26. The molecule has 2 rings (SSSR count). The van der Waals surface area contributed by atoms with Crippen LogP contribution in [0.25, 0.3) is 0 Å². The Kier molecular flexibility index (Phi) is 6.14. The van der Waals surface area contributed by atoms with Crippen LogP contribution in [0.1, 0.15) is 51.9 Å². The number of amides is 1. The number of rotatable bonds is 3. The summed E-state index contributed by atoms with van der Waals surface area (Å²) in [6.45, 7) is 4.78. The van der Waals surface area contributed by atoms with E-state index < -0.39 is 0 Å². The molecule has 1 N–H and O–H groups in total. The third kappa shape index (κ3) is 4.11. The zero-order valence-electron chi connectivity index (χ0n) is 12.4. The first kappa shape index (κ1) is 15.6. The van der Waals surface area contributed by atoms with Crippen LogP contribution in [0.2, 0.25) is 0 Å². The lowest BCUT2D eigenvalue weighted by molar-refractivity contribution is -0.126. The van der Waals surface area contributed by atoms with Crippen molar-refractivity contribution in [3.63, 3.8) is 0 Å². The lowest BCUT2D eigenvalue weighted by atomic mass is 10.1. The number of nitrogens with zero attached hydrogens (tertiary/aromatic N) is 1. The van der Waals surface area contributed by atoms with Crippen LogP contribution in [0.15, 0.2) is 21.8 Å². The van der Waals surface area contributed by atoms with Crippen LogP contribution in [0.3, 0.4) is 0 Å². The first-order chi connectivity index (χ1) is 9.72. The van der Waals surface area contributed by atoms with Crippen LogP contribution in [-0.2, 0) is 4.79 Å². The first-order valence-electron chi connectivity index (χ1n) is 7.84. The Balaban J connectivity index is 2.22. The second kappa shape index (κ2) is 7.87. The van der Waals surface area contributed by atoms with Crippen molar-refractivity contribution in [2.45, 2.75) is 51.9 Å². The van der Waals surface area contributed by atoms with Crippen molar-refractivity contribution in [1.29, 1.82) is 0 Å². The predicted octanol–water partition coefficient (Wildman–Crippen LogP) is 3.72. The average molecular weight is 341 g/mol. The Morgan fingerprint density at radius 2 is 1.90 bits per heavy atom. The van der Waals surface area contributed by atoms with Gasteiger partial charge in [-0.15, -0.1) is 0 Å². The fourth-order valence-electron chi connectivity index (χ4n) is 2.92. The second-order valence-electron chi connectivity index (χ2n) is 5.57. The maximum Gasteiger partial charge on any atom is 0.255 e. The molecule has 1 heterocycles. The highest BCUT2D eigenvalue weighted by molar-refractivity contribution is 9.11. The molecule has 1 amide bonds. The molecule has 4 heteroatoms. The average Bonchev–Trinajstić information content (AvgIpc) is 2.80. The van der Waals surface area contributed by atoms with Gasteiger partial charge < -0.3 is 10.2 Å². The van der Waals surface area contributed by atoms with Crippen LogP contribution >= 0.6 is 15.9 Å². The molecule has 0 saturated carbocycles.